The monoisotopic (exact) mass is 170 g/mol. The van der Waals surface area contributed by atoms with Gasteiger partial charge in [0, 0.05) is 26.1 Å². The summed E-state index contributed by atoms with van der Waals surface area (Å²) < 4.78 is 0. The van der Waals surface area contributed by atoms with Gasteiger partial charge >= 0.3 is 0 Å². The van der Waals surface area contributed by atoms with Crippen LogP contribution < -0.4 is 5.32 Å². The molecule has 1 aliphatic rings. The number of hydrogen-bond acceptors (Lipinski definition) is 3. The molecule has 0 saturated heterocycles. The molecule has 1 heterocycles. The highest BCUT2D eigenvalue weighted by atomic mass is 16.2. The number of amidine groups is 1. The standard InChI is InChI=1S/C9H18N2O/c12-8-4-3-7-11-9-5-1-2-6-10-9/h12H,1-8H2,(H,10,11). The molecule has 12 heavy (non-hydrogen) atoms. The first-order valence-corrected chi connectivity index (χ1v) is 4.81. The number of unbranched alkanes of at least 4 members (excludes halogenated alkanes) is 1. The van der Waals surface area contributed by atoms with Crippen molar-refractivity contribution in [2.75, 3.05) is 19.7 Å². The van der Waals surface area contributed by atoms with Crippen LogP contribution in [0.15, 0.2) is 4.99 Å². The van der Waals surface area contributed by atoms with Crippen molar-refractivity contribution in [1.29, 1.82) is 0 Å². The molecule has 2 N–H and O–H groups in total. The van der Waals surface area contributed by atoms with Crippen LogP contribution >= 0.6 is 0 Å². The minimum Gasteiger partial charge on any atom is -0.396 e. The molecule has 0 aromatic rings. The largest absolute Gasteiger partial charge is 0.396 e. The molecule has 0 saturated carbocycles. The van der Waals surface area contributed by atoms with Gasteiger partial charge in [0.25, 0.3) is 0 Å². The maximum Gasteiger partial charge on any atom is 0.0963 e. The Morgan fingerprint density at radius 2 is 2.25 bits per heavy atom. The zero-order valence-electron chi connectivity index (χ0n) is 7.55. The molecule has 0 aromatic heterocycles. The highest BCUT2D eigenvalue weighted by Gasteiger charge is 2.02. The number of aliphatic hydroxyl groups excluding tert-OH is 1. The molecule has 70 valence electrons. The van der Waals surface area contributed by atoms with E-state index in [0.29, 0.717) is 6.61 Å². The van der Waals surface area contributed by atoms with Crippen LogP contribution in [0.3, 0.4) is 0 Å². The molecule has 0 fully saturated rings. The van der Waals surface area contributed by atoms with Gasteiger partial charge in [0.2, 0.25) is 0 Å². The lowest BCUT2D eigenvalue weighted by Crippen LogP contribution is -2.26. The quantitative estimate of drug-likeness (QED) is 0.616. The van der Waals surface area contributed by atoms with E-state index < -0.39 is 0 Å². The Balaban J connectivity index is 2.01. The third kappa shape index (κ3) is 3.72. The van der Waals surface area contributed by atoms with Crippen molar-refractivity contribution < 1.29 is 5.11 Å². The summed E-state index contributed by atoms with van der Waals surface area (Å²) in [5, 5.41) is 11.8. The van der Waals surface area contributed by atoms with Gasteiger partial charge in [-0.25, -0.2) is 0 Å². The van der Waals surface area contributed by atoms with Crippen molar-refractivity contribution in [3.63, 3.8) is 0 Å². The summed E-state index contributed by atoms with van der Waals surface area (Å²) >= 11 is 0. The first-order valence-electron chi connectivity index (χ1n) is 4.81. The number of aliphatic imine (C=N–C) groups is 1. The number of nitrogens with one attached hydrogen (secondary N) is 1. The Morgan fingerprint density at radius 3 is 2.92 bits per heavy atom. The van der Waals surface area contributed by atoms with E-state index in [1.165, 1.54) is 18.7 Å². The summed E-state index contributed by atoms with van der Waals surface area (Å²) in [7, 11) is 0. The predicted molar refractivity (Wildman–Crippen MR) is 50.5 cm³/mol. The van der Waals surface area contributed by atoms with Gasteiger partial charge in [-0.2, -0.15) is 0 Å². The van der Waals surface area contributed by atoms with Gasteiger partial charge in [0.1, 0.15) is 0 Å². The maximum absolute atomic E-state index is 8.55. The van der Waals surface area contributed by atoms with Crippen molar-refractivity contribution in [2.24, 2.45) is 4.99 Å². The molecule has 3 heteroatoms. The van der Waals surface area contributed by atoms with Gasteiger partial charge < -0.3 is 10.4 Å². The van der Waals surface area contributed by atoms with Gasteiger partial charge in [-0.1, -0.05) is 0 Å². The highest BCUT2D eigenvalue weighted by Crippen LogP contribution is 2.03. The Labute approximate surface area is 73.9 Å². The molecule has 3 nitrogen and oxygen atoms in total. The van der Waals surface area contributed by atoms with Crippen molar-refractivity contribution in [1.82, 2.24) is 5.32 Å². The van der Waals surface area contributed by atoms with Crippen LogP contribution in [0.1, 0.15) is 32.1 Å². The van der Waals surface area contributed by atoms with E-state index in [-0.39, 0.29) is 0 Å². The van der Waals surface area contributed by atoms with E-state index in [1.54, 1.807) is 0 Å². The summed E-state index contributed by atoms with van der Waals surface area (Å²) in [6.45, 7) is 2.25. The van der Waals surface area contributed by atoms with Crippen LogP contribution in [0.25, 0.3) is 0 Å². The molecule has 1 aliphatic heterocycles. The molecule has 0 aromatic carbocycles. The van der Waals surface area contributed by atoms with Gasteiger partial charge in [-0.05, 0) is 25.7 Å². The summed E-state index contributed by atoms with van der Waals surface area (Å²) in [5.41, 5.74) is 0. The predicted octanol–water partition coefficient (Wildman–Crippen LogP) is 0.931. The van der Waals surface area contributed by atoms with Crippen molar-refractivity contribution in [3.05, 3.63) is 0 Å². The molecular weight excluding hydrogens is 152 g/mol. The van der Waals surface area contributed by atoms with Crippen molar-refractivity contribution in [3.8, 4) is 0 Å². The van der Waals surface area contributed by atoms with Crippen LogP contribution in [-0.2, 0) is 0 Å². The van der Waals surface area contributed by atoms with Crippen molar-refractivity contribution >= 4 is 5.84 Å². The van der Waals surface area contributed by atoms with Crippen LogP contribution in [0.5, 0.6) is 0 Å². The van der Waals surface area contributed by atoms with E-state index >= 15 is 0 Å². The van der Waals surface area contributed by atoms with E-state index in [4.69, 9.17) is 5.11 Å². The molecule has 0 spiro atoms. The number of nitrogens with zero attached hydrogens (tertiary/aromatic N) is 1. The molecule has 0 atom stereocenters. The van der Waals surface area contributed by atoms with E-state index in [0.717, 1.165) is 32.4 Å². The van der Waals surface area contributed by atoms with Crippen molar-refractivity contribution in [2.45, 2.75) is 32.1 Å². The molecule has 0 aliphatic carbocycles. The molecule has 0 bridgehead atoms. The van der Waals surface area contributed by atoms with Crippen LogP contribution in [0.2, 0.25) is 0 Å². The second-order valence-electron chi connectivity index (χ2n) is 3.14. The summed E-state index contributed by atoms with van der Waals surface area (Å²) in [4.78, 5) is 4.37. The molecule has 0 radical (unpaired) electrons. The normalized spacial score (nSPS) is 17.2. The summed E-state index contributed by atoms with van der Waals surface area (Å²) in [6, 6.07) is 0. The maximum atomic E-state index is 8.55. The smallest absolute Gasteiger partial charge is 0.0963 e. The average molecular weight is 170 g/mol. The number of rotatable bonds is 4. The minimum absolute atomic E-state index is 0.300. The third-order valence-electron chi connectivity index (χ3n) is 2.04. The minimum atomic E-state index is 0.300. The Kier molecular flexibility index (Phi) is 4.76. The number of aliphatic hydroxyl groups is 1. The SMILES string of the molecule is OCCCCNC1=NCCCC1. The van der Waals surface area contributed by atoms with Gasteiger partial charge in [-0.15, -0.1) is 0 Å². The van der Waals surface area contributed by atoms with E-state index in [9.17, 15) is 0 Å². The van der Waals surface area contributed by atoms with Crippen LogP contribution in [0, 0.1) is 0 Å². The second kappa shape index (κ2) is 6.00. The molecule has 0 unspecified atom stereocenters. The third-order valence-corrected chi connectivity index (χ3v) is 2.04. The fourth-order valence-corrected chi connectivity index (χ4v) is 1.31. The van der Waals surface area contributed by atoms with Crippen LogP contribution in [-0.4, -0.2) is 30.6 Å². The summed E-state index contributed by atoms with van der Waals surface area (Å²) in [6.07, 6.45) is 5.54. The Hall–Kier alpha value is -0.570. The lowest BCUT2D eigenvalue weighted by atomic mass is 10.2. The Bertz CT molecular complexity index is 145. The van der Waals surface area contributed by atoms with Gasteiger partial charge in [-0.3, -0.25) is 4.99 Å². The summed E-state index contributed by atoms with van der Waals surface area (Å²) in [5.74, 6) is 1.17. The van der Waals surface area contributed by atoms with Crippen LogP contribution in [0.4, 0.5) is 0 Å². The lowest BCUT2D eigenvalue weighted by Gasteiger charge is -2.13. The average Bonchev–Trinajstić information content (AvgIpc) is 2.14. The first kappa shape index (κ1) is 9.52. The molecule has 0 amide bonds. The van der Waals surface area contributed by atoms with E-state index in [1.807, 2.05) is 0 Å². The van der Waals surface area contributed by atoms with E-state index in [2.05, 4.69) is 10.3 Å². The number of hydrogen-bond donors (Lipinski definition) is 2. The first-order chi connectivity index (χ1) is 5.93. The zero-order chi connectivity index (χ0) is 8.65. The highest BCUT2D eigenvalue weighted by molar-refractivity contribution is 5.82. The fourth-order valence-electron chi connectivity index (χ4n) is 1.31. The molecular formula is C9H18N2O. The van der Waals surface area contributed by atoms with Gasteiger partial charge in [0.15, 0.2) is 0 Å². The van der Waals surface area contributed by atoms with Gasteiger partial charge in [0.05, 0.1) is 5.84 Å². The lowest BCUT2D eigenvalue weighted by molar-refractivity contribution is 0.284. The zero-order valence-corrected chi connectivity index (χ0v) is 7.55. The second-order valence-corrected chi connectivity index (χ2v) is 3.14. The molecule has 1 rings (SSSR count). The fraction of sp³-hybridized carbons (Fsp3) is 0.889. The topological polar surface area (TPSA) is 44.6 Å². The Morgan fingerprint density at radius 1 is 1.33 bits per heavy atom.